The van der Waals surface area contributed by atoms with Gasteiger partial charge in [-0.05, 0) is 61.1 Å². The Bertz CT molecular complexity index is 1030. The smallest absolute Gasteiger partial charge is 0.177 e. The normalized spacial score (nSPS) is 23.9. The molecule has 0 amide bonds. The number of hydrogen-bond acceptors (Lipinski definition) is 4. The highest BCUT2D eigenvalue weighted by molar-refractivity contribution is 6.32. The number of pyridine rings is 1. The summed E-state index contributed by atoms with van der Waals surface area (Å²) >= 11 is 6.34. The van der Waals surface area contributed by atoms with Crippen molar-refractivity contribution in [3.05, 3.63) is 52.4 Å². The second kappa shape index (κ2) is 6.75. The van der Waals surface area contributed by atoms with Gasteiger partial charge in [-0.25, -0.2) is 9.97 Å². The molecule has 5 rings (SSSR count). The van der Waals surface area contributed by atoms with Gasteiger partial charge in [0.25, 0.3) is 0 Å². The van der Waals surface area contributed by atoms with Crippen molar-refractivity contribution in [2.24, 2.45) is 24.8 Å². The van der Waals surface area contributed by atoms with Gasteiger partial charge in [-0.3, -0.25) is 4.90 Å². The Morgan fingerprint density at radius 1 is 1.18 bits per heavy atom. The molecule has 1 aliphatic carbocycles. The zero-order valence-electron chi connectivity index (χ0n) is 16.5. The Morgan fingerprint density at radius 2 is 1.93 bits per heavy atom. The molecule has 1 saturated carbocycles. The van der Waals surface area contributed by atoms with Crippen molar-refractivity contribution >= 4 is 22.8 Å². The second-order valence-corrected chi connectivity index (χ2v) is 8.70. The SMILES string of the molecule is Cc1cc(Cl)c(OCC2[C@H]3CN(Cc4nc5ncccc5n4C)C[C@@H]23)cc1C. The van der Waals surface area contributed by atoms with Gasteiger partial charge in [0.1, 0.15) is 11.6 Å². The lowest BCUT2D eigenvalue weighted by molar-refractivity contribution is 0.226. The van der Waals surface area contributed by atoms with Gasteiger partial charge in [-0.15, -0.1) is 0 Å². The number of imidazole rings is 1. The summed E-state index contributed by atoms with van der Waals surface area (Å²) in [6, 6.07) is 8.09. The quantitative estimate of drug-likeness (QED) is 0.653. The third-order valence-corrected chi connectivity index (χ3v) is 6.84. The van der Waals surface area contributed by atoms with Crippen LogP contribution in [0.5, 0.6) is 5.75 Å². The third kappa shape index (κ3) is 3.07. The van der Waals surface area contributed by atoms with E-state index in [1.807, 2.05) is 12.1 Å². The molecule has 146 valence electrons. The van der Waals surface area contributed by atoms with Crippen LogP contribution < -0.4 is 4.74 Å². The van der Waals surface area contributed by atoms with Crippen LogP contribution in [-0.4, -0.2) is 39.1 Å². The van der Waals surface area contributed by atoms with Crippen LogP contribution in [0.15, 0.2) is 30.5 Å². The van der Waals surface area contributed by atoms with Crippen LogP contribution in [0.2, 0.25) is 5.02 Å². The molecule has 0 spiro atoms. The summed E-state index contributed by atoms with van der Waals surface area (Å²) in [5.74, 6) is 4.02. The first-order valence-corrected chi connectivity index (χ1v) is 10.3. The molecule has 2 aromatic heterocycles. The van der Waals surface area contributed by atoms with Gasteiger partial charge in [0.05, 0.1) is 23.7 Å². The summed E-state index contributed by atoms with van der Waals surface area (Å²) in [5, 5.41) is 0.714. The maximum Gasteiger partial charge on any atom is 0.177 e. The molecule has 1 aromatic carbocycles. The van der Waals surface area contributed by atoms with E-state index < -0.39 is 0 Å². The average Bonchev–Trinajstić information content (AvgIpc) is 2.99. The van der Waals surface area contributed by atoms with Gasteiger partial charge in [0.2, 0.25) is 0 Å². The van der Waals surface area contributed by atoms with Crippen molar-refractivity contribution in [2.45, 2.75) is 20.4 Å². The van der Waals surface area contributed by atoms with E-state index in [-0.39, 0.29) is 0 Å². The van der Waals surface area contributed by atoms with Gasteiger partial charge >= 0.3 is 0 Å². The first-order chi connectivity index (χ1) is 13.5. The Kier molecular flexibility index (Phi) is 4.33. The maximum absolute atomic E-state index is 6.34. The number of aromatic nitrogens is 3. The highest BCUT2D eigenvalue weighted by Gasteiger charge is 2.55. The third-order valence-electron chi connectivity index (χ3n) is 6.54. The van der Waals surface area contributed by atoms with E-state index in [0.29, 0.717) is 10.9 Å². The first kappa shape index (κ1) is 18.0. The van der Waals surface area contributed by atoms with Crippen molar-refractivity contribution in [3.8, 4) is 5.75 Å². The fourth-order valence-corrected chi connectivity index (χ4v) is 4.85. The fraction of sp³-hybridized carbons (Fsp3) is 0.455. The Labute approximate surface area is 170 Å². The van der Waals surface area contributed by atoms with Crippen LogP contribution in [-0.2, 0) is 13.6 Å². The number of piperidine rings is 1. The summed E-state index contributed by atoms with van der Waals surface area (Å²) in [7, 11) is 2.08. The number of fused-ring (bicyclic) bond motifs is 2. The van der Waals surface area contributed by atoms with Gasteiger partial charge in [0, 0.05) is 32.3 Å². The molecule has 1 saturated heterocycles. The number of nitrogens with zero attached hydrogens (tertiary/aromatic N) is 4. The van der Waals surface area contributed by atoms with Crippen molar-refractivity contribution in [1.29, 1.82) is 0 Å². The molecule has 2 fully saturated rings. The van der Waals surface area contributed by atoms with Gasteiger partial charge in [0.15, 0.2) is 5.65 Å². The van der Waals surface area contributed by atoms with E-state index in [9.17, 15) is 0 Å². The summed E-state index contributed by atoms with van der Waals surface area (Å²) in [4.78, 5) is 11.6. The Hall–Kier alpha value is -2.11. The van der Waals surface area contributed by atoms with Gasteiger partial charge in [-0.1, -0.05) is 11.6 Å². The number of benzene rings is 1. The van der Waals surface area contributed by atoms with Gasteiger partial charge in [-0.2, -0.15) is 0 Å². The summed E-state index contributed by atoms with van der Waals surface area (Å²) in [6.45, 7) is 8.06. The van der Waals surface area contributed by atoms with E-state index in [2.05, 4.69) is 47.5 Å². The van der Waals surface area contributed by atoms with Crippen LogP contribution in [0, 0.1) is 31.6 Å². The minimum absolute atomic E-state index is 0.649. The number of halogens is 1. The molecule has 0 radical (unpaired) electrons. The van der Waals surface area contributed by atoms with E-state index in [1.165, 1.54) is 11.1 Å². The fourth-order valence-electron chi connectivity index (χ4n) is 4.58. The average molecular weight is 397 g/mol. The van der Waals surface area contributed by atoms with Crippen LogP contribution in [0.25, 0.3) is 11.2 Å². The lowest BCUT2D eigenvalue weighted by atomic mass is 10.1. The molecular weight excluding hydrogens is 372 g/mol. The zero-order chi connectivity index (χ0) is 19.4. The molecule has 0 bridgehead atoms. The van der Waals surface area contributed by atoms with Crippen LogP contribution in [0.4, 0.5) is 0 Å². The molecule has 3 atom stereocenters. The summed E-state index contributed by atoms with van der Waals surface area (Å²) in [6.07, 6.45) is 1.80. The molecule has 5 nitrogen and oxygen atoms in total. The van der Waals surface area contributed by atoms with E-state index in [1.54, 1.807) is 6.20 Å². The van der Waals surface area contributed by atoms with Crippen molar-refractivity contribution in [1.82, 2.24) is 19.4 Å². The number of aryl methyl sites for hydroxylation is 3. The predicted molar refractivity (Wildman–Crippen MR) is 111 cm³/mol. The Balaban J connectivity index is 1.17. The number of rotatable bonds is 5. The molecule has 1 unspecified atom stereocenters. The lowest BCUT2D eigenvalue weighted by Gasteiger charge is -2.19. The number of ether oxygens (including phenoxy) is 1. The van der Waals surface area contributed by atoms with Crippen molar-refractivity contribution < 1.29 is 4.74 Å². The van der Waals surface area contributed by atoms with E-state index in [4.69, 9.17) is 21.3 Å². The molecule has 0 N–H and O–H groups in total. The molecule has 2 aliphatic rings. The van der Waals surface area contributed by atoms with Crippen molar-refractivity contribution in [2.75, 3.05) is 19.7 Å². The molecule has 6 heteroatoms. The van der Waals surface area contributed by atoms with Crippen LogP contribution >= 0.6 is 11.6 Å². The largest absolute Gasteiger partial charge is 0.492 e. The zero-order valence-corrected chi connectivity index (χ0v) is 17.3. The lowest BCUT2D eigenvalue weighted by Crippen LogP contribution is -2.26. The second-order valence-electron chi connectivity index (χ2n) is 8.30. The molecular formula is C22H25ClN4O. The molecule has 3 aromatic rings. The van der Waals surface area contributed by atoms with Crippen LogP contribution in [0.1, 0.15) is 17.0 Å². The predicted octanol–water partition coefficient (Wildman–Crippen LogP) is 4.00. The molecule has 3 heterocycles. The number of hydrogen-bond donors (Lipinski definition) is 0. The van der Waals surface area contributed by atoms with E-state index in [0.717, 1.165) is 60.8 Å². The van der Waals surface area contributed by atoms with Crippen molar-refractivity contribution in [3.63, 3.8) is 0 Å². The first-order valence-electron chi connectivity index (χ1n) is 9.89. The van der Waals surface area contributed by atoms with Gasteiger partial charge < -0.3 is 9.30 Å². The minimum atomic E-state index is 0.649. The Morgan fingerprint density at radius 3 is 2.68 bits per heavy atom. The molecule has 1 aliphatic heterocycles. The maximum atomic E-state index is 6.34. The van der Waals surface area contributed by atoms with Crippen LogP contribution in [0.3, 0.4) is 0 Å². The molecule has 28 heavy (non-hydrogen) atoms. The minimum Gasteiger partial charge on any atom is -0.492 e. The summed E-state index contributed by atoms with van der Waals surface area (Å²) in [5.41, 5.74) is 4.35. The van der Waals surface area contributed by atoms with E-state index >= 15 is 0 Å². The highest BCUT2D eigenvalue weighted by Crippen LogP contribution is 2.52. The highest BCUT2D eigenvalue weighted by atomic mass is 35.5. The standard InChI is InChI=1S/C22H25ClN4O/c1-13-7-18(23)20(8-14(13)2)28-12-17-15-9-27(10-16(15)17)11-21-25-22-19(26(21)3)5-4-6-24-22/h4-8,15-17H,9-12H2,1-3H3/t15-,16+,17?. The monoisotopic (exact) mass is 396 g/mol. The summed E-state index contributed by atoms with van der Waals surface area (Å²) < 4.78 is 8.23. The topological polar surface area (TPSA) is 43.2 Å². The number of likely N-dealkylation sites (tertiary alicyclic amines) is 1.